The van der Waals surface area contributed by atoms with Crippen molar-refractivity contribution in [2.45, 2.75) is 45.1 Å². The van der Waals surface area contributed by atoms with Gasteiger partial charge in [0, 0.05) is 11.9 Å². The molecular formula is C27H27N3O. The summed E-state index contributed by atoms with van der Waals surface area (Å²) in [5.41, 5.74) is 7.13. The first-order valence-electron chi connectivity index (χ1n) is 11.2. The SMILES string of the molecule is Cc1cn(-c2ccc(/C=C3\CC4(CC4)CC4C3=NOC4(C)c3ccccc3)cc2)cn1. The van der Waals surface area contributed by atoms with E-state index in [0.717, 1.165) is 23.5 Å². The molecule has 6 rings (SSSR count). The van der Waals surface area contributed by atoms with Crippen molar-refractivity contribution in [2.75, 3.05) is 0 Å². The van der Waals surface area contributed by atoms with E-state index >= 15 is 0 Å². The van der Waals surface area contributed by atoms with Crippen LogP contribution < -0.4 is 0 Å². The zero-order valence-electron chi connectivity index (χ0n) is 18.1. The number of rotatable bonds is 3. The predicted molar refractivity (Wildman–Crippen MR) is 123 cm³/mol. The van der Waals surface area contributed by atoms with Gasteiger partial charge in [-0.1, -0.05) is 47.6 Å². The van der Waals surface area contributed by atoms with Gasteiger partial charge in [-0.3, -0.25) is 0 Å². The second kappa shape index (κ2) is 6.68. The maximum absolute atomic E-state index is 6.18. The van der Waals surface area contributed by atoms with E-state index in [-0.39, 0.29) is 5.60 Å². The number of hydrogen-bond acceptors (Lipinski definition) is 3. The van der Waals surface area contributed by atoms with Gasteiger partial charge in [0.2, 0.25) is 0 Å². The number of imidazole rings is 1. The van der Waals surface area contributed by atoms with E-state index in [0.29, 0.717) is 11.3 Å². The summed E-state index contributed by atoms with van der Waals surface area (Å²) < 4.78 is 2.06. The van der Waals surface area contributed by atoms with E-state index in [4.69, 9.17) is 4.84 Å². The van der Waals surface area contributed by atoms with E-state index < -0.39 is 0 Å². The second-order valence-electron chi connectivity index (χ2n) is 9.66. The standard InChI is InChI=1S/C27H27N3O/c1-19-17-30(18-28-19)23-10-8-20(9-11-23)14-21-15-27(12-13-27)16-24-25(21)29-31-26(24,2)22-6-4-3-5-7-22/h3-11,14,17-18,24H,12-13,15-16H2,1-2H3/b21-14+. The summed E-state index contributed by atoms with van der Waals surface area (Å²) >= 11 is 0. The molecule has 4 heteroatoms. The van der Waals surface area contributed by atoms with Crippen molar-refractivity contribution in [3.8, 4) is 5.69 Å². The molecule has 2 unspecified atom stereocenters. The van der Waals surface area contributed by atoms with Crippen molar-refractivity contribution in [3.05, 3.63) is 89.5 Å². The lowest BCUT2D eigenvalue weighted by molar-refractivity contribution is -0.0411. The van der Waals surface area contributed by atoms with E-state index in [1.165, 1.54) is 36.0 Å². The van der Waals surface area contributed by atoms with Gasteiger partial charge in [0.1, 0.15) is 0 Å². The van der Waals surface area contributed by atoms with Crippen LogP contribution in [0.15, 0.2) is 77.9 Å². The lowest BCUT2D eigenvalue weighted by atomic mass is 9.67. The highest BCUT2D eigenvalue weighted by molar-refractivity contribution is 6.07. The first kappa shape index (κ1) is 18.6. The van der Waals surface area contributed by atoms with Crippen LogP contribution in [0, 0.1) is 18.3 Å². The third-order valence-electron chi connectivity index (χ3n) is 7.41. The molecule has 0 radical (unpaired) electrons. The van der Waals surface area contributed by atoms with Crippen LogP contribution in [0.5, 0.6) is 0 Å². The van der Waals surface area contributed by atoms with E-state index in [2.05, 4.69) is 82.3 Å². The number of fused-ring (bicyclic) bond motifs is 1. The van der Waals surface area contributed by atoms with E-state index in [9.17, 15) is 0 Å². The minimum absolute atomic E-state index is 0.311. The molecule has 2 aliphatic carbocycles. The number of allylic oxidation sites excluding steroid dienone is 1. The maximum Gasteiger partial charge on any atom is 0.168 e. The summed E-state index contributed by atoms with van der Waals surface area (Å²) in [7, 11) is 0. The van der Waals surface area contributed by atoms with Gasteiger partial charge < -0.3 is 9.40 Å². The Morgan fingerprint density at radius 2 is 1.84 bits per heavy atom. The van der Waals surface area contributed by atoms with Crippen molar-refractivity contribution in [1.29, 1.82) is 0 Å². The minimum atomic E-state index is -0.380. The van der Waals surface area contributed by atoms with E-state index in [1.54, 1.807) is 0 Å². The van der Waals surface area contributed by atoms with Crippen LogP contribution in [0.3, 0.4) is 0 Å². The number of nitrogens with zero attached hydrogens (tertiary/aromatic N) is 3. The molecule has 1 spiro atoms. The fourth-order valence-electron chi connectivity index (χ4n) is 5.32. The van der Waals surface area contributed by atoms with Crippen LogP contribution in [0.2, 0.25) is 0 Å². The Hall–Kier alpha value is -3.14. The largest absolute Gasteiger partial charge is 0.384 e. The molecule has 2 fully saturated rings. The Bertz CT molecular complexity index is 1180. The molecule has 156 valence electrons. The van der Waals surface area contributed by atoms with Crippen molar-refractivity contribution in [3.63, 3.8) is 0 Å². The van der Waals surface area contributed by atoms with Crippen molar-refractivity contribution in [1.82, 2.24) is 9.55 Å². The molecule has 3 aliphatic rings. The predicted octanol–water partition coefficient (Wildman–Crippen LogP) is 6.06. The Labute approximate surface area is 183 Å². The molecule has 1 aromatic heterocycles. The van der Waals surface area contributed by atoms with Gasteiger partial charge in [-0.05, 0) is 79.9 Å². The van der Waals surface area contributed by atoms with Gasteiger partial charge in [-0.2, -0.15) is 0 Å². The number of oxime groups is 1. The lowest BCUT2D eigenvalue weighted by Gasteiger charge is -2.36. The molecule has 2 atom stereocenters. The van der Waals surface area contributed by atoms with Gasteiger partial charge in [0.05, 0.1) is 23.7 Å². The van der Waals surface area contributed by atoms with Gasteiger partial charge in [-0.15, -0.1) is 0 Å². The van der Waals surface area contributed by atoms with Crippen LogP contribution >= 0.6 is 0 Å². The fourth-order valence-corrected chi connectivity index (χ4v) is 5.32. The van der Waals surface area contributed by atoms with Crippen LogP contribution in [-0.4, -0.2) is 15.3 Å². The summed E-state index contributed by atoms with van der Waals surface area (Å²) in [6, 6.07) is 19.3. The highest BCUT2D eigenvalue weighted by Gasteiger charge is 2.57. The third kappa shape index (κ3) is 3.13. The summed E-state index contributed by atoms with van der Waals surface area (Å²) in [6.45, 7) is 4.22. The molecule has 2 aromatic carbocycles. The number of aryl methyl sites for hydroxylation is 1. The first-order valence-corrected chi connectivity index (χ1v) is 11.2. The molecule has 0 N–H and O–H groups in total. The van der Waals surface area contributed by atoms with Gasteiger partial charge in [-0.25, -0.2) is 4.98 Å². The zero-order valence-corrected chi connectivity index (χ0v) is 18.1. The molecule has 31 heavy (non-hydrogen) atoms. The highest BCUT2D eigenvalue weighted by Crippen LogP contribution is 2.62. The Kier molecular flexibility index (Phi) is 4.01. The normalized spacial score (nSPS) is 27.1. The Balaban J connectivity index is 1.33. The summed E-state index contributed by atoms with van der Waals surface area (Å²) in [5.74, 6) is 0.311. The first-order chi connectivity index (χ1) is 15.0. The summed E-state index contributed by atoms with van der Waals surface area (Å²) in [4.78, 5) is 10.5. The molecule has 3 aromatic rings. The quantitative estimate of drug-likeness (QED) is 0.528. The zero-order chi connectivity index (χ0) is 21.1. The molecule has 1 aliphatic heterocycles. The van der Waals surface area contributed by atoms with Crippen LogP contribution in [0.25, 0.3) is 11.8 Å². The Morgan fingerprint density at radius 1 is 1.06 bits per heavy atom. The van der Waals surface area contributed by atoms with Gasteiger partial charge in [0.15, 0.2) is 5.60 Å². The maximum atomic E-state index is 6.18. The second-order valence-corrected chi connectivity index (χ2v) is 9.66. The average molecular weight is 410 g/mol. The molecule has 0 amide bonds. The van der Waals surface area contributed by atoms with Crippen LogP contribution in [-0.2, 0) is 10.4 Å². The molecule has 0 bridgehead atoms. The minimum Gasteiger partial charge on any atom is -0.384 e. The molecule has 2 heterocycles. The number of aromatic nitrogens is 2. The smallest absolute Gasteiger partial charge is 0.168 e. The molecule has 2 saturated carbocycles. The number of benzene rings is 2. The lowest BCUT2D eigenvalue weighted by Crippen LogP contribution is -2.39. The van der Waals surface area contributed by atoms with Gasteiger partial charge in [0.25, 0.3) is 0 Å². The van der Waals surface area contributed by atoms with Gasteiger partial charge >= 0.3 is 0 Å². The summed E-state index contributed by atoms with van der Waals surface area (Å²) in [5, 5.41) is 4.66. The van der Waals surface area contributed by atoms with Crippen molar-refractivity contribution in [2.24, 2.45) is 16.5 Å². The van der Waals surface area contributed by atoms with Crippen LogP contribution in [0.4, 0.5) is 0 Å². The number of hydrogen-bond donors (Lipinski definition) is 0. The molecule has 4 nitrogen and oxygen atoms in total. The van der Waals surface area contributed by atoms with Crippen LogP contribution in [0.1, 0.15) is 49.4 Å². The molecular weight excluding hydrogens is 382 g/mol. The topological polar surface area (TPSA) is 39.4 Å². The van der Waals surface area contributed by atoms with E-state index in [1.807, 2.05) is 19.4 Å². The average Bonchev–Trinajstić information content (AvgIpc) is 3.23. The molecule has 0 saturated heterocycles. The Morgan fingerprint density at radius 3 is 2.52 bits per heavy atom. The van der Waals surface area contributed by atoms with Crippen molar-refractivity contribution >= 4 is 11.8 Å². The highest BCUT2D eigenvalue weighted by atomic mass is 16.7. The fraction of sp³-hybridized carbons (Fsp3) is 0.333. The third-order valence-corrected chi connectivity index (χ3v) is 7.41. The monoisotopic (exact) mass is 409 g/mol. The summed E-state index contributed by atoms with van der Waals surface area (Å²) in [6.07, 6.45) is 11.2. The van der Waals surface area contributed by atoms with Crippen molar-refractivity contribution < 1.29 is 4.84 Å².